The third-order valence-corrected chi connectivity index (χ3v) is 3.33. The summed E-state index contributed by atoms with van der Waals surface area (Å²) < 4.78 is 0. The van der Waals surface area contributed by atoms with Crippen LogP contribution in [-0.4, -0.2) is 18.2 Å². The predicted molar refractivity (Wildman–Crippen MR) is 62.7 cm³/mol. The largest absolute Gasteiger partial charge is 0.506 e. The zero-order valence-corrected chi connectivity index (χ0v) is 9.64. The standard InChI is InChI=1S/C12H16ClNO/c1-8-5-10(6-11(13)12(8)15)9-3-2-4-14-7-9/h5-6,9,14-15H,2-4,7H2,1H3. The number of piperidine rings is 1. The average Bonchev–Trinajstić information content (AvgIpc) is 2.26. The van der Waals surface area contributed by atoms with Gasteiger partial charge in [0.05, 0.1) is 5.02 Å². The van der Waals surface area contributed by atoms with Gasteiger partial charge in [-0.15, -0.1) is 0 Å². The Balaban J connectivity index is 2.27. The number of halogens is 1. The molecule has 1 aromatic rings. The van der Waals surface area contributed by atoms with Crippen LogP contribution in [0.2, 0.25) is 5.02 Å². The molecule has 82 valence electrons. The molecule has 3 heteroatoms. The minimum atomic E-state index is 0.212. The number of rotatable bonds is 1. The van der Waals surface area contributed by atoms with Gasteiger partial charge in [0, 0.05) is 6.54 Å². The van der Waals surface area contributed by atoms with Crippen LogP contribution in [0.3, 0.4) is 0 Å². The van der Waals surface area contributed by atoms with E-state index in [0.29, 0.717) is 10.9 Å². The van der Waals surface area contributed by atoms with Crippen LogP contribution in [0.1, 0.15) is 29.9 Å². The molecule has 0 bridgehead atoms. The van der Waals surface area contributed by atoms with E-state index in [1.165, 1.54) is 18.4 Å². The number of phenols is 1. The van der Waals surface area contributed by atoms with Crippen molar-refractivity contribution in [3.63, 3.8) is 0 Å². The lowest BCUT2D eigenvalue weighted by Crippen LogP contribution is -2.28. The SMILES string of the molecule is Cc1cc(C2CCCNC2)cc(Cl)c1O. The van der Waals surface area contributed by atoms with Gasteiger partial charge in [-0.05, 0) is 49.4 Å². The third kappa shape index (κ3) is 2.27. The topological polar surface area (TPSA) is 32.3 Å². The Bertz CT molecular complexity index is 336. The van der Waals surface area contributed by atoms with Crippen LogP contribution in [0.25, 0.3) is 0 Å². The van der Waals surface area contributed by atoms with Crippen molar-refractivity contribution >= 4 is 11.6 Å². The predicted octanol–water partition coefficient (Wildman–Crippen LogP) is 2.82. The highest BCUT2D eigenvalue weighted by atomic mass is 35.5. The van der Waals surface area contributed by atoms with Gasteiger partial charge in [0.1, 0.15) is 5.75 Å². The summed E-state index contributed by atoms with van der Waals surface area (Å²) in [7, 11) is 0. The molecule has 2 N–H and O–H groups in total. The second-order valence-corrected chi connectivity index (χ2v) is 4.62. The Morgan fingerprint density at radius 3 is 2.87 bits per heavy atom. The molecule has 1 aliphatic heterocycles. The minimum absolute atomic E-state index is 0.212. The van der Waals surface area contributed by atoms with E-state index in [1.807, 2.05) is 19.1 Å². The second kappa shape index (κ2) is 4.42. The fraction of sp³-hybridized carbons (Fsp3) is 0.500. The molecule has 2 nitrogen and oxygen atoms in total. The van der Waals surface area contributed by atoms with Crippen molar-refractivity contribution in [2.45, 2.75) is 25.7 Å². The van der Waals surface area contributed by atoms with Gasteiger partial charge in [0.2, 0.25) is 0 Å². The molecular weight excluding hydrogens is 210 g/mol. The van der Waals surface area contributed by atoms with E-state index in [4.69, 9.17) is 11.6 Å². The van der Waals surface area contributed by atoms with Gasteiger partial charge in [-0.1, -0.05) is 17.7 Å². The lowest BCUT2D eigenvalue weighted by molar-refractivity contribution is 0.456. The van der Waals surface area contributed by atoms with Crippen LogP contribution >= 0.6 is 11.6 Å². The highest BCUT2D eigenvalue weighted by Gasteiger charge is 2.17. The summed E-state index contributed by atoms with van der Waals surface area (Å²) in [5.74, 6) is 0.750. The molecule has 0 aromatic heterocycles. The monoisotopic (exact) mass is 225 g/mol. The highest BCUT2D eigenvalue weighted by molar-refractivity contribution is 6.32. The van der Waals surface area contributed by atoms with E-state index < -0.39 is 0 Å². The first-order chi connectivity index (χ1) is 7.18. The van der Waals surface area contributed by atoms with E-state index in [0.717, 1.165) is 18.7 Å². The highest BCUT2D eigenvalue weighted by Crippen LogP contribution is 2.33. The maximum atomic E-state index is 9.58. The van der Waals surface area contributed by atoms with E-state index in [1.54, 1.807) is 0 Å². The number of aromatic hydroxyl groups is 1. The molecule has 1 unspecified atom stereocenters. The van der Waals surface area contributed by atoms with Gasteiger partial charge in [0.15, 0.2) is 0 Å². The van der Waals surface area contributed by atoms with E-state index in [-0.39, 0.29) is 5.75 Å². The smallest absolute Gasteiger partial charge is 0.137 e. The number of hydrogen-bond acceptors (Lipinski definition) is 2. The van der Waals surface area contributed by atoms with Crippen LogP contribution < -0.4 is 5.32 Å². The Morgan fingerprint density at radius 2 is 2.27 bits per heavy atom. The lowest BCUT2D eigenvalue weighted by Gasteiger charge is -2.23. The quantitative estimate of drug-likeness (QED) is 0.771. The fourth-order valence-corrected chi connectivity index (χ4v) is 2.41. The van der Waals surface area contributed by atoms with Crippen LogP contribution in [0.4, 0.5) is 0 Å². The Labute approximate surface area is 95.3 Å². The Hall–Kier alpha value is -0.730. The summed E-state index contributed by atoms with van der Waals surface area (Å²) in [5, 5.41) is 13.4. The maximum Gasteiger partial charge on any atom is 0.137 e. The molecule has 0 radical (unpaired) electrons. The second-order valence-electron chi connectivity index (χ2n) is 4.21. The van der Waals surface area contributed by atoms with Gasteiger partial charge < -0.3 is 10.4 Å². The van der Waals surface area contributed by atoms with Gasteiger partial charge >= 0.3 is 0 Å². The van der Waals surface area contributed by atoms with Gasteiger partial charge in [-0.2, -0.15) is 0 Å². The molecule has 1 heterocycles. The number of hydrogen-bond donors (Lipinski definition) is 2. The molecule has 0 amide bonds. The van der Waals surface area contributed by atoms with Crippen molar-refractivity contribution in [2.24, 2.45) is 0 Å². The van der Waals surface area contributed by atoms with Gasteiger partial charge in [-0.3, -0.25) is 0 Å². The molecule has 1 aliphatic rings. The summed E-state index contributed by atoms with van der Waals surface area (Å²) in [6.07, 6.45) is 2.41. The zero-order valence-electron chi connectivity index (χ0n) is 8.89. The van der Waals surface area contributed by atoms with Gasteiger partial charge in [0.25, 0.3) is 0 Å². The van der Waals surface area contributed by atoms with Crippen molar-refractivity contribution in [2.75, 3.05) is 13.1 Å². The molecule has 0 aliphatic carbocycles. The molecule has 1 fully saturated rings. The molecular formula is C12H16ClNO. The normalized spacial score (nSPS) is 21.6. The van der Waals surface area contributed by atoms with Crippen molar-refractivity contribution < 1.29 is 5.11 Å². The molecule has 1 saturated heterocycles. The molecule has 2 rings (SSSR count). The summed E-state index contributed by atoms with van der Waals surface area (Å²) >= 11 is 5.97. The van der Waals surface area contributed by atoms with E-state index >= 15 is 0 Å². The van der Waals surface area contributed by atoms with E-state index in [2.05, 4.69) is 5.32 Å². The van der Waals surface area contributed by atoms with Crippen molar-refractivity contribution in [3.05, 3.63) is 28.3 Å². The van der Waals surface area contributed by atoms with Gasteiger partial charge in [-0.25, -0.2) is 0 Å². The minimum Gasteiger partial charge on any atom is -0.506 e. The number of benzene rings is 1. The van der Waals surface area contributed by atoms with Crippen molar-refractivity contribution in [3.8, 4) is 5.75 Å². The Morgan fingerprint density at radius 1 is 1.47 bits per heavy atom. The lowest BCUT2D eigenvalue weighted by atomic mass is 9.90. The molecule has 0 spiro atoms. The van der Waals surface area contributed by atoms with Crippen LogP contribution in [0.15, 0.2) is 12.1 Å². The first-order valence-electron chi connectivity index (χ1n) is 5.38. The number of aryl methyl sites for hydroxylation is 1. The Kier molecular flexibility index (Phi) is 3.17. The van der Waals surface area contributed by atoms with Crippen LogP contribution in [-0.2, 0) is 0 Å². The fourth-order valence-electron chi connectivity index (χ4n) is 2.14. The zero-order chi connectivity index (χ0) is 10.8. The molecule has 0 saturated carbocycles. The first-order valence-corrected chi connectivity index (χ1v) is 5.76. The van der Waals surface area contributed by atoms with Crippen LogP contribution in [0, 0.1) is 6.92 Å². The van der Waals surface area contributed by atoms with Crippen molar-refractivity contribution in [1.29, 1.82) is 0 Å². The number of phenolic OH excluding ortho intramolecular Hbond substituents is 1. The first kappa shape index (κ1) is 10.8. The molecule has 1 aromatic carbocycles. The summed E-state index contributed by atoms with van der Waals surface area (Å²) in [5.41, 5.74) is 2.10. The van der Waals surface area contributed by atoms with E-state index in [9.17, 15) is 5.11 Å². The maximum absolute atomic E-state index is 9.58. The van der Waals surface area contributed by atoms with Crippen LogP contribution in [0.5, 0.6) is 5.75 Å². The summed E-state index contributed by atoms with van der Waals surface area (Å²) in [4.78, 5) is 0. The third-order valence-electron chi connectivity index (χ3n) is 3.04. The average molecular weight is 226 g/mol. The number of nitrogens with one attached hydrogen (secondary N) is 1. The summed E-state index contributed by atoms with van der Waals surface area (Å²) in [6, 6.07) is 3.93. The molecule has 1 atom stereocenters. The van der Waals surface area contributed by atoms with Crippen molar-refractivity contribution in [1.82, 2.24) is 5.32 Å². The summed E-state index contributed by atoms with van der Waals surface area (Å²) in [6.45, 7) is 4.02. The molecule has 15 heavy (non-hydrogen) atoms.